The number of benzene rings is 2. The molecular weight excluding hydrogens is 455 g/mol. The number of nitrogens with zero attached hydrogens (tertiary/aromatic N) is 1. The van der Waals surface area contributed by atoms with Gasteiger partial charge in [-0.25, -0.2) is 0 Å². The van der Waals surface area contributed by atoms with Crippen LogP contribution in [0.1, 0.15) is 70.6 Å². The molecule has 0 fully saturated rings. The van der Waals surface area contributed by atoms with Crippen LogP contribution in [0.25, 0.3) is 0 Å². The van der Waals surface area contributed by atoms with Gasteiger partial charge in [-0.15, -0.1) is 0 Å². The van der Waals surface area contributed by atoms with Crippen LogP contribution >= 0.6 is 23.2 Å². The number of amides is 2. The van der Waals surface area contributed by atoms with Crippen LogP contribution in [0.2, 0.25) is 10.0 Å². The van der Waals surface area contributed by atoms with Crippen molar-refractivity contribution in [2.45, 2.75) is 78.3 Å². The summed E-state index contributed by atoms with van der Waals surface area (Å²) >= 11 is 12.8. The highest BCUT2D eigenvalue weighted by Crippen LogP contribution is 2.28. The van der Waals surface area contributed by atoms with E-state index in [1.807, 2.05) is 13.8 Å². The van der Waals surface area contributed by atoms with E-state index in [0.29, 0.717) is 41.4 Å². The number of hydrogen-bond donors (Lipinski definition) is 1. The number of aryl methyl sites for hydroxylation is 1. The van der Waals surface area contributed by atoms with E-state index in [2.05, 4.69) is 50.4 Å². The van der Waals surface area contributed by atoms with Gasteiger partial charge in [0.15, 0.2) is 0 Å². The molecule has 0 aliphatic carbocycles. The minimum Gasteiger partial charge on any atom is -0.354 e. The van der Waals surface area contributed by atoms with Crippen molar-refractivity contribution < 1.29 is 9.59 Å². The second kappa shape index (κ2) is 12.4. The molecule has 2 aromatic carbocycles. The van der Waals surface area contributed by atoms with Crippen LogP contribution in [-0.4, -0.2) is 29.3 Å². The van der Waals surface area contributed by atoms with Crippen molar-refractivity contribution in [2.24, 2.45) is 0 Å². The fourth-order valence-electron chi connectivity index (χ4n) is 3.71. The molecule has 2 amide bonds. The zero-order valence-corrected chi connectivity index (χ0v) is 21.9. The Bertz CT molecular complexity index is 916. The van der Waals surface area contributed by atoms with Gasteiger partial charge in [-0.1, -0.05) is 88.2 Å². The van der Waals surface area contributed by atoms with Gasteiger partial charge in [0.25, 0.3) is 0 Å². The molecule has 0 aromatic heterocycles. The number of carbonyl (C=O) groups is 2. The van der Waals surface area contributed by atoms with Crippen LogP contribution in [-0.2, 0) is 28.0 Å². The molecule has 0 saturated heterocycles. The number of rotatable bonds is 10. The van der Waals surface area contributed by atoms with E-state index in [9.17, 15) is 9.59 Å². The van der Waals surface area contributed by atoms with Crippen molar-refractivity contribution in [3.63, 3.8) is 0 Å². The van der Waals surface area contributed by atoms with Gasteiger partial charge < -0.3 is 10.2 Å². The summed E-state index contributed by atoms with van der Waals surface area (Å²) in [6.07, 6.45) is 2.23. The quantitative estimate of drug-likeness (QED) is 0.409. The van der Waals surface area contributed by atoms with E-state index in [0.717, 1.165) is 12.0 Å². The first-order valence-electron chi connectivity index (χ1n) is 11.7. The average Bonchev–Trinajstić information content (AvgIpc) is 2.77. The lowest BCUT2D eigenvalue weighted by Gasteiger charge is -2.31. The van der Waals surface area contributed by atoms with Gasteiger partial charge in [0.05, 0.1) is 0 Å². The molecule has 0 spiro atoms. The Kier molecular flexibility index (Phi) is 10.2. The molecule has 180 valence electrons. The van der Waals surface area contributed by atoms with Crippen LogP contribution in [0.5, 0.6) is 0 Å². The molecule has 0 bridgehead atoms. The normalized spacial score (nSPS) is 12.3. The highest BCUT2D eigenvalue weighted by Gasteiger charge is 2.29. The number of nitrogens with one attached hydrogen (secondary N) is 1. The summed E-state index contributed by atoms with van der Waals surface area (Å²) in [6, 6.07) is 13.1. The Morgan fingerprint density at radius 1 is 1.00 bits per heavy atom. The van der Waals surface area contributed by atoms with Crippen molar-refractivity contribution in [3.05, 3.63) is 69.2 Å². The molecule has 0 aliphatic heterocycles. The fourth-order valence-corrected chi connectivity index (χ4v) is 4.22. The maximum atomic E-state index is 13.4. The van der Waals surface area contributed by atoms with Crippen LogP contribution < -0.4 is 5.32 Å². The second-order valence-corrected chi connectivity index (χ2v) is 10.2. The zero-order valence-electron chi connectivity index (χ0n) is 20.4. The van der Waals surface area contributed by atoms with Gasteiger partial charge >= 0.3 is 0 Å². The van der Waals surface area contributed by atoms with Crippen molar-refractivity contribution in [2.75, 3.05) is 6.54 Å². The van der Waals surface area contributed by atoms with Crippen LogP contribution in [0.4, 0.5) is 0 Å². The predicted molar refractivity (Wildman–Crippen MR) is 138 cm³/mol. The molecule has 0 heterocycles. The maximum Gasteiger partial charge on any atom is 0.242 e. The monoisotopic (exact) mass is 490 g/mol. The van der Waals surface area contributed by atoms with E-state index in [4.69, 9.17) is 23.2 Å². The SMILES string of the molecule is CCCNC(=O)[C@H](CC)N(Cc1c(Cl)cccc1Cl)C(=O)CCc1ccc(C(C)(C)C)cc1. The summed E-state index contributed by atoms with van der Waals surface area (Å²) in [7, 11) is 0. The van der Waals surface area contributed by atoms with Crippen LogP contribution in [0.3, 0.4) is 0 Å². The van der Waals surface area contributed by atoms with E-state index < -0.39 is 6.04 Å². The third-order valence-corrected chi connectivity index (χ3v) is 6.48. The third kappa shape index (κ3) is 7.75. The Balaban J connectivity index is 2.24. The lowest BCUT2D eigenvalue weighted by atomic mass is 9.86. The molecule has 1 N–H and O–H groups in total. The minimum absolute atomic E-state index is 0.0829. The van der Waals surface area contributed by atoms with E-state index in [-0.39, 0.29) is 23.8 Å². The molecule has 1 atom stereocenters. The summed E-state index contributed by atoms with van der Waals surface area (Å²) in [5.74, 6) is -0.241. The zero-order chi connectivity index (χ0) is 24.6. The van der Waals surface area contributed by atoms with Gasteiger partial charge in [-0.2, -0.15) is 0 Å². The van der Waals surface area contributed by atoms with E-state index in [1.54, 1.807) is 23.1 Å². The molecule has 33 heavy (non-hydrogen) atoms. The lowest BCUT2D eigenvalue weighted by molar-refractivity contribution is -0.141. The summed E-state index contributed by atoms with van der Waals surface area (Å²) in [6.45, 7) is 11.2. The molecule has 2 rings (SSSR count). The third-order valence-electron chi connectivity index (χ3n) is 5.77. The van der Waals surface area contributed by atoms with Crippen molar-refractivity contribution >= 4 is 35.0 Å². The molecule has 6 heteroatoms. The standard InChI is InChI=1S/C27H36Cl2N2O2/c1-6-17-30-26(33)24(7-2)31(18-21-22(28)9-8-10-23(21)29)25(32)16-13-19-11-14-20(15-12-19)27(3,4)5/h8-12,14-15,24H,6-7,13,16-18H2,1-5H3,(H,30,33)/t24-/m0/s1. The predicted octanol–water partition coefficient (Wildman–Crippen LogP) is 6.56. The van der Waals surface area contributed by atoms with Gasteiger partial charge in [0.2, 0.25) is 11.8 Å². The largest absolute Gasteiger partial charge is 0.354 e. The first-order chi connectivity index (χ1) is 15.6. The fraction of sp³-hybridized carbons (Fsp3) is 0.481. The maximum absolute atomic E-state index is 13.4. The molecule has 4 nitrogen and oxygen atoms in total. The van der Waals surface area contributed by atoms with Gasteiger partial charge in [-0.3, -0.25) is 9.59 Å². The molecule has 0 saturated carbocycles. The molecule has 0 aliphatic rings. The van der Waals surface area contributed by atoms with Crippen molar-refractivity contribution in [1.29, 1.82) is 0 Å². The van der Waals surface area contributed by atoms with E-state index in [1.165, 1.54) is 5.56 Å². The summed E-state index contributed by atoms with van der Waals surface area (Å²) in [5, 5.41) is 3.90. The molecule has 0 radical (unpaired) electrons. The number of hydrogen-bond acceptors (Lipinski definition) is 2. The lowest BCUT2D eigenvalue weighted by Crippen LogP contribution is -2.49. The number of halogens is 2. The Morgan fingerprint density at radius 2 is 1.61 bits per heavy atom. The van der Waals surface area contributed by atoms with Crippen LogP contribution in [0, 0.1) is 0 Å². The summed E-state index contributed by atoms with van der Waals surface area (Å²) in [4.78, 5) is 27.9. The Hall–Kier alpha value is -2.04. The summed E-state index contributed by atoms with van der Waals surface area (Å²) < 4.78 is 0. The molecule has 2 aromatic rings. The Labute approximate surface area is 208 Å². The van der Waals surface area contributed by atoms with Gasteiger partial charge in [0, 0.05) is 35.1 Å². The van der Waals surface area contributed by atoms with E-state index >= 15 is 0 Å². The molecular formula is C27H36Cl2N2O2. The minimum atomic E-state index is -0.584. The highest BCUT2D eigenvalue weighted by atomic mass is 35.5. The number of carbonyl (C=O) groups excluding carboxylic acids is 2. The topological polar surface area (TPSA) is 49.4 Å². The second-order valence-electron chi connectivity index (χ2n) is 9.38. The smallest absolute Gasteiger partial charge is 0.242 e. The highest BCUT2D eigenvalue weighted by molar-refractivity contribution is 6.36. The van der Waals surface area contributed by atoms with Crippen LogP contribution in [0.15, 0.2) is 42.5 Å². The Morgan fingerprint density at radius 3 is 2.12 bits per heavy atom. The van der Waals surface area contributed by atoms with Gasteiger partial charge in [0.1, 0.15) is 6.04 Å². The molecule has 0 unspecified atom stereocenters. The van der Waals surface area contributed by atoms with Crippen molar-refractivity contribution in [3.8, 4) is 0 Å². The first-order valence-corrected chi connectivity index (χ1v) is 12.4. The first kappa shape index (κ1) is 27.2. The van der Waals surface area contributed by atoms with Gasteiger partial charge in [-0.05, 0) is 47.9 Å². The average molecular weight is 492 g/mol. The summed E-state index contributed by atoms with van der Waals surface area (Å²) in [5.41, 5.74) is 3.09. The van der Waals surface area contributed by atoms with Crippen molar-refractivity contribution in [1.82, 2.24) is 10.2 Å².